The number of nitrogens with two attached hydrogens (primary N) is 1. The Hall–Kier alpha value is -3.73. The van der Waals surface area contributed by atoms with Crippen LogP contribution in [-0.4, -0.2) is 76.4 Å². The lowest BCUT2D eigenvalue weighted by molar-refractivity contribution is -0.181. The molecule has 41 heavy (non-hydrogen) atoms. The van der Waals surface area contributed by atoms with Crippen LogP contribution in [-0.2, 0) is 32.1 Å². The van der Waals surface area contributed by atoms with Gasteiger partial charge in [-0.1, -0.05) is 37.3 Å². The summed E-state index contributed by atoms with van der Waals surface area (Å²) in [5, 5.41) is 25.8. The van der Waals surface area contributed by atoms with Crippen molar-refractivity contribution >= 4 is 29.0 Å². The van der Waals surface area contributed by atoms with Crippen LogP contribution >= 0.6 is 0 Å². The molecule has 1 amide bonds. The molecule has 2 aromatic carbocycles. The number of aromatic hydroxyl groups is 1. The molecule has 0 aromatic heterocycles. The van der Waals surface area contributed by atoms with E-state index in [4.69, 9.17) is 5.73 Å². The number of nitrogens with one attached hydrogen (secondary N) is 1. The molecule has 0 aliphatic heterocycles. The van der Waals surface area contributed by atoms with Gasteiger partial charge in [0.1, 0.15) is 5.75 Å². The number of fused-ring (bicyclic) bond motifs is 3. The fourth-order valence-corrected chi connectivity index (χ4v) is 7.09. The van der Waals surface area contributed by atoms with Crippen molar-refractivity contribution in [1.29, 1.82) is 0 Å². The van der Waals surface area contributed by atoms with Gasteiger partial charge in [-0.05, 0) is 74.1 Å². The summed E-state index contributed by atoms with van der Waals surface area (Å²) in [7, 11) is 3.12. The van der Waals surface area contributed by atoms with Crippen molar-refractivity contribution in [3.63, 3.8) is 0 Å². The van der Waals surface area contributed by atoms with E-state index >= 15 is 0 Å². The first-order chi connectivity index (χ1) is 19.4. The SMILES string of the molecule is CCCNCc1ccc(-c2ccc(O)c3c2C[C@H]2C[C@H]4[C@H](N(C)C)C(=O)C(C(N)=O)C(=O)[C@@]4(O)C(=O)C2C3=O)cc1. The predicted octanol–water partition coefficient (Wildman–Crippen LogP) is 1.03. The Morgan fingerprint density at radius 3 is 2.37 bits per heavy atom. The van der Waals surface area contributed by atoms with Crippen molar-refractivity contribution in [3.8, 4) is 16.9 Å². The molecular formula is C31H35N3O7. The molecule has 2 unspecified atom stereocenters. The maximum Gasteiger partial charge on any atom is 0.235 e. The minimum absolute atomic E-state index is 0.0113. The van der Waals surface area contributed by atoms with Crippen molar-refractivity contribution in [2.45, 2.75) is 44.4 Å². The van der Waals surface area contributed by atoms with Gasteiger partial charge in [-0.3, -0.25) is 28.9 Å². The van der Waals surface area contributed by atoms with E-state index in [-0.39, 0.29) is 24.2 Å². The predicted molar refractivity (Wildman–Crippen MR) is 149 cm³/mol. The molecule has 10 heteroatoms. The highest BCUT2D eigenvalue weighted by atomic mass is 16.3. The maximum absolute atomic E-state index is 13.9. The smallest absolute Gasteiger partial charge is 0.235 e. The number of carbonyl (C=O) groups excluding carboxylic acids is 5. The molecule has 216 valence electrons. The largest absolute Gasteiger partial charge is 0.507 e. The fraction of sp³-hybridized carbons (Fsp3) is 0.452. The molecule has 2 saturated carbocycles. The van der Waals surface area contributed by atoms with Crippen molar-refractivity contribution in [2.75, 3.05) is 20.6 Å². The van der Waals surface area contributed by atoms with Gasteiger partial charge >= 0.3 is 0 Å². The third-order valence-corrected chi connectivity index (χ3v) is 8.97. The first-order valence-electron chi connectivity index (χ1n) is 13.9. The van der Waals surface area contributed by atoms with Crippen molar-refractivity contribution in [2.24, 2.45) is 29.4 Å². The van der Waals surface area contributed by atoms with Crippen LogP contribution in [0.25, 0.3) is 11.1 Å². The number of carbonyl (C=O) groups is 5. The van der Waals surface area contributed by atoms with Gasteiger partial charge < -0.3 is 21.3 Å². The highest BCUT2D eigenvalue weighted by Crippen LogP contribution is 2.51. The number of aliphatic hydroxyl groups is 1. The molecule has 10 nitrogen and oxygen atoms in total. The van der Waals surface area contributed by atoms with Crippen LogP contribution in [0.1, 0.15) is 41.3 Å². The summed E-state index contributed by atoms with van der Waals surface area (Å²) in [6.45, 7) is 3.72. The Balaban J connectivity index is 1.57. The summed E-state index contributed by atoms with van der Waals surface area (Å²) in [6.07, 6.45) is 1.26. The molecule has 0 radical (unpaired) electrons. The number of hydrogen-bond acceptors (Lipinski definition) is 9. The Morgan fingerprint density at radius 1 is 1.07 bits per heavy atom. The Morgan fingerprint density at radius 2 is 1.76 bits per heavy atom. The van der Waals surface area contributed by atoms with Crippen LogP contribution in [0.4, 0.5) is 0 Å². The zero-order chi connectivity index (χ0) is 29.8. The summed E-state index contributed by atoms with van der Waals surface area (Å²) in [5.41, 5.74) is 5.87. The van der Waals surface area contributed by atoms with Gasteiger partial charge in [-0.15, -0.1) is 0 Å². The average Bonchev–Trinajstić information content (AvgIpc) is 2.91. The highest BCUT2D eigenvalue weighted by Gasteiger charge is 2.69. The van der Waals surface area contributed by atoms with Crippen molar-refractivity contribution in [1.82, 2.24) is 10.2 Å². The second-order valence-corrected chi connectivity index (χ2v) is 11.6. The number of benzene rings is 2. The lowest BCUT2D eigenvalue weighted by Crippen LogP contribution is -2.74. The van der Waals surface area contributed by atoms with Crippen LogP contribution in [0.15, 0.2) is 36.4 Å². The third-order valence-electron chi connectivity index (χ3n) is 8.97. The van der Waals surface area contributed by atoms with E-state index < -0.39 is 64.4 Å². The molecule has 5 N–H and O–H groups in total. The molecule has 0 bridgehead atoms. The Bertz CT molecular complexity index is 1450. The molecule has 2 aromatic rings. The molecule has 6 atom stereocenters. The zero-order valence-corrected chi connectivity index (χ0v) is 23.3. The second kappa shape index (κ2) is 10.6. The molecule has 0 saturated heterocycles. The van der Waals surface area contributed by atoms with Crippen LogP contribution in [0, 0.1) is 23.7 Å². The summed E-state index contributed by atoms with van der Waals surface area (Å²) in [4.78, 5) is 68.1. The minimum atomic E-state index is -2.73. The number of rotatable bonds is 7. The lowest BCUT2D eigenvalue weighted by Gasteiger charge is -2.52. The van der Waals surface area contributed by atoms with Gasteiger partial charge in [0.2, 0.25) is 5.91 Å². The quantitative estimate of drug-likeness (QED) is 0.285. The van der Waals surface area contributed by atoms with Gasteiger partial charge in [0, 0.05) is 12.5 Å². The van der Waals surface area contributed by atoms with E-state index in [0.29, 0.717) is 5.56 Å². The van der Waals surface area contributed by atoms with Gasteiger partial charge in [0.25, 0.3) is 0 Å². The van der Waals surface area contributed by atoms with Gasteiger partial charge in [-0.2, -0.15) is 0 Å². The number of phenolic OH excluding ortho intramolecular Hbond substituents is 1. The van der Waals surface area contributed by atoms with Crippen LogP contribution < -0.4 is 11.1 Å². The Kier molecular flexibility index (Phi) is 7.44. The topological polar surface area (TPSA) is 167 Å². The maximum atomic E-state index is 13.9. The minimum Gasteiger partial charge on any atom is -0.507 e. The van der Waals surface area contributed by atoms with E-state index in [1.807, 2.05) is 24.3 Å². The Labute approximate surface area is 237 Å². The number of amides is 1. The number of phenols is 1. The molecule has 3 aliphatic rings. The summed E-state index contributed by atoms with van der Waals surface area (Å²) in [6, 6.07) is 9.89. The standard InChI is InChI=1S/C31H35N3O7/c1-4-11-33-14-15-5-7-16(8-6-15)18-9-10-21(35)23-19(18)12-17-13-20-25(34(2)3)27(37)24(30(32)40)29(39)31(20,41)28(38)22(17)26(23)36/h5-10,17,20,22,24-25,33,35,41H,4,11-14H2,1-3H3,(H2,32,40)/t17-,20-,22?,24?,25-,31-/m0/s1. The first-order valence-corrected chi connectivity index (χ1v) is 13.9. The number of Topliss-reactive ketones (excluding diaryl/α,β-unsaturated/α-hetero) is 4. The van der Waals surface area contributed by atoms with Crippen LogP contribution in [0.2, 0.25) is 0 Å². The van der Waals surface area contributed by atoms with Crippen molar-refractivity contribution in [3.05, 3.63) is 53.1 Å². The van der Waals surface area contributed by atoms with Gasteiger partial charge in [-0.25, -0.2) is 0 Å². The van der Waals surface area contributed by atoms with E-state index in [1.54, 1.807) is 20.2 Å². The fourth-order valence-electron chi connectivity index (χ4n) is 7.09. The lowest BCUT2D eigenvalue weighted by atomic mass is 9.52. The summed E-state index contributed by atoms with van der Waals surface area (Å²) in [5.74, 6) is -10.5. The number of ketones is 4. The monoisotopic (exact) mass is 561 g/mol. The van der Waals surface area contributed by atoms with Gasteiger partial charge in [0.05, 0.1) is 17.5 Å². The number of primary amides is 1. The van der Waals surface area contributed by atoms with E-state index in [2.05, 4.69) is 12.2 Å². The van der Waals surface area contributed by atoms with Gasteiger partial charge in [0.15, 0.2) is 34.7 Å². The molecular weight excluding hydrogens is 526 g/mol. The normalized spacial score (nSPS) is 29.2. The third kappa shape index (κ3) is 4.41. The van der Waals surface area contributed by atoms with Crippen LogP contribution in [0.3, 0.4) is 0 Å². The summed E-state index contributed by atoms with van der Waals surface area (Å²) >= 11 is 0. The molecule has 5 rings (SSSR count). The number of hydrogen-bond donors (Lipinski definition) is 4. The second-order valence-electron chi connectivity index (χ2n) is 11.6. The molecule has 3 aliphatic carbocycles. The van der Waals surface area contributed by atoms with E-state index in [0.717, 1.165) is 36.2 Å². The first kappa shape index (κ1) is 28.8. The van der Waals surface area contributed by atoms with Crippen LogP contribution in [0.5, 0.6) is 5.75 Å². The number of likely N-dealkylation sites (N-methyl/N-ethyl adjacent to an activating group) is 1. The highest BCUT2D eigenvalue weighted by molar-refractivity contribution is 6.32. The summed E-state index contributed by atoms with van der Waals surface area (Å²) < 4.78 is 0. The molecule has 2 fully saturated rings. The average molecular weight is 562 g/mol. The molecule has 0 heterocycles. The van der Waals surface area contributed by atoms with E-state index in [9.17, 15) is 34.2 Å². The number of nitrogens with zero attached hydrogens (tertiary/aromatic N) is 1. The zero-order valence-electron chi connectivity index (χ0n) is 23.3. The molecule has 0 spiro atoms. The van der Waals surface area contributed by atoms with Crippen molar-refractivity contribution < 1.29 is 34.2 Å². The van der Waals surface area contributed by atoms with E-state index in [1.165, 1.54) is 11.0 Å².